The standard InChI is InChI=1S/C11H14O2/c1-7-5-6-10(13-4)11(8(7)2)9(3)12/h5-6H,1-4H3. The molecule has 0 saturated heterocycles. The molecule has 0 atom stereocenters. The Hall–Kier alpha value is -1.31. The van der Waals surface area contributed by atoms with E-state index in [2.05, 4.69) is 0 Å². The van der Waals surface area contributed by atoms with Crippen LogP contribution >= 0.6 is 0 Å². The number of methoxy groups -OCH3 is 1. The Kier molecular flexibility index (Phi) is 2.71. The topological polar surface area (TPSA) is 26.3 Å². The SMILES string of the molecule is COc1ccc(C)c(C)c1C(C)=O. The molecule has 0 unspecified atom stereocenters. The van der Waals surface area contributed by atoms with E-state index in [4.69, 9.17) is 4.74 Å². The molecular formula is C11H14O2. The van der Waals surface area contributed by atoms with Crippen LogP contribution in [0.4, 0.5) is 0 Å². The molecule has 0 bridgehead atoms. The monoisotopic (exact) mass is 178 g/mol. The molecule has 0 aromatic heterocycles. The van der Waals surface area contributed by atoms with Crippen molar-refractivity contribution in [2.45, 2.75) is 20.8 Å². The Balaban J connectivity index is 3.41. The van der Waals surface area contributed by atoms with Gasteiger partial charge < -0.3 is 4.74 Å². The molecule has 2 heteroatoms. The summed E-state index contributed by atoms with van der Waals surface area (Å²) in [5.41, 5.74) is 2.82. The van der Waals surface area contributed by atoms with Crippen LogP contribution in [0.3, 0.4) is 0 Å². The molecule has 2 nitrogen and oxygen atoms in total. The minimum Gasteiger partial charge on any atom is -0.496 e. The Morgan fingerprint density at radius 2 is 1.92 bits per heavy atom. The maximum atomic E-state index is 11.3. The number of hydrogen-bond donors (Lipinski definition) is 0. The average Bonchev–Trinajstić information content (AvgIpc) is 2.08. The summed E-state index contributed by atoms with van der Waals surface area (Å²) < 4.78 is 5.12. The number of carbonyl (C=O) groups excluding carboxylic acids is 1. The molecular weight excluding hydrogens is 164 g/mol. The van der Waals surface area contributed by atoms with Gasteiger partial charge in [0.1, 0.15) is 5.75 Å². The minimum absolute atomic E-state index is 0.0538. The molecule has 0 heterocycles. The molecule has 0 N–H and O–H groups in total. The summed E-state index contributed by atoms with van der Waals surface area (Å²) in [5.74, 6) is 0.716. The third-order valence-corrected chi connectivity index (χ3v) is 2.27. The second kappa shape index (κ2) is 3.60. The van der Waals surface area contributed by atoms with Gasteiger partial charge in [0.15, 0.2) is 5.78 Å². The molecule has 1 aromatic carbocycles. The molecule has 0 aliphatic carbocycles. The smallest absolute Gasteiger partial charge is 0.163 e. The fourth-order valence-corrected chi connectivity index (χ4v) is 1.40. The van der Waals surface area contributed by atoms with E-state index in [1.54, 1.807) is 14.0 Å². The summed E-state index contributed by atoms with van der Waals surface area (Å²) >= 11 is 0. The van der Waals surface area contributed by atoms with E-state index in [1.807, 2.05) is 26.0 Å². The van der Waals surface area contributed by atoms with E-state index in [1.165, 1.54) is 0 Å². The van der Waals surface area contributed by atoms with Crippen LogP contribution in [0.5, 0.6) is 5.75 Å². The van der Waals surface area contributed by atoms with Crippen LogP contribution in [-0.2, 0) is 0 Å². The van der Waals surface area contributed by atoms with E-state index < -0.39 is 0 Å². The van der Waals surface area contributed by atoms with Crippen molar-refractivity contribution in [1.29, 1.82) is 0 Å². The number of ketones is 1. The first-order valence-electron chi connectivity index (χ1n) is 4.23. The Morgan fingerprint density at radius 3 is 2.38 bits per heavy atom. The highest BCUT2D eigenvalue weighted by molar-refractivity contribution is 5.98. The Labute approximate surface area is 78.5 Å². The maximum absolute atomic E-state index is 11.3. The minimum atomic E-state index is 0.0538. The number of aryl methyl sites for hydroxylation is 1. The van der Waals surface area contributed by atoms with Crippen molar-refractivity contribution >= 4 is 5.78 Å². The molecule has 0 fully saturated rings. The van der Waals surface area contributed by atoms with Crippen molar-refractivity contribution in [3.63, 3.8) is 0 Å². The van der Waals surface area contributed by atoms with Gasteiger partial charge in [0.05, 0.1) is 12.7 Å². The first-order chi connectivity index (χ1) is 6.07. The van der Waals surface area contributed by atoms with E-state index >= 15 is 0 Å². The van der Waals surface area contributed by atoms with Gasteiger partial charge in [-0.05, 0) is 38.0 Å². The zero-order chi connectivity index (χ0) is 10.0. The lowest BCUT2D eigenvalue weighted by Gasteiger charge is -2.10. The van der Waals surface area contributed by atoms with Crippen LogP contribution in [0.2, 0.25) is 0 Å². The molecule has 0 aliphatic rings. The molecule has 0 aliphatic heterocycles. The van der Waals surface area contributed by atoms with Crippen LogP contribution in [-0.4, -0.2) is 12.9 Å². The number of Topliss-reactive ketones (excluding diaryl/α,β-unsaturated/α-hetero) is 1. The zero-order valence-corrected chi connectivity index (χ0v) is 8.47. The fourth-order valence-electron chi connectivity index (χ4n) is 1.40. The molecule has 0 spiro atoms. The van der Waals surface area contributed by atoms with Crippen LogP contribution < -0.4 is 4.74 Å². The van der Waals surface area contributed by atoms with Crippen molar-refractivity contribution in [2.24, 2.45) is 0 Å². The van der Waals surface area contributed by atoms with Crippen molar-refractivity contribution in [2.75, 3.05) is 7.11 Å². The van der Waals surface area contributed by atoms with Crippen molar-refractivity contribution in [1.82, 2.24) is 0 Å². The summed E-state index contributed by atoms with van der Waals surface area (Å²) in [6, 6.07) is 3.79. The van der Waals surface area contributed by atoms with Gasteiger partial charge in [0.2, 0.25) is 0 Å². The average molecular weight is 178 g/mol. The van der Waals surface area contributed by atoms with Crippen LogP contribution in [0, 0.1) is 13.8 Å². The van der Waals surface area contributed by atoms with Crippen molar-refractivity contribution < 1.29 is 9.53 Å². The molecule has 0 saturated carbocycles. The second-order valence-corrected chi connectivity index (χ2v) is 3.14. The largest absolute Gasteiger partial charge is 0.496 e. The summed E-state index contributed by atoms with van der Waals surface area (Å²) in [6.07, 6.45) is 0. The Morgan fingerprint density at radius 1 is 1.31 bits per heavy atom. The van der Waals surface area contributed by atoms with Gasteiger partial charge in [0, 0.05) is 0 Å². The van der Waals surface area contributed by atoms with E-state index in [-0.39, 0.29) is 5.78 Å². The molecule has 1 rings (SSSR count). The van der Waals surface area contributed by atoms with Gasteiger partial charge in [-0.15, -0.1) is 0 Å². The van der Waals surface area contributed by atoms with E-state index in [9.17, 15) is 4.79 Å². The van der Waals surface area contributed by atoms with Crippen LogP contribution in [0.15, 0.2) is 12.1 Å². The maximum Gasteiger partial charge on any atom is 0.163 e. The van der Waals surface area contributed by atoms with Crippen LogP contribution in [0.1, 0.15) is 28.4 Å². The summed E-state index contributed by atoms with van der Waals surface area (Å²) in [5, 5.41) is 0. The molecule has 0 radical (unpaired) electrons. The molecule has 0 amide bonds. The molecule has 70 valence electrons. The molecule has 1 aromatic rings. The summed E-state index contributed by atoms with van der Waals surface area (Å²) in [7, 11) is 1.58. The number of rotatable bonds is 2. The highest BCUT2D eigenvalue weighted by Crippen LogP contribution is 2.24. The van der Waals surface area contributed by atoms with Crippen LogP contribution in [0.25, 0.3) is 0 Å². The second-order valence-electron chi connectivity index (χ2n) is 3.14. The van der Waals surface area contributed by atoms with Crippen molar-refractivity contribution in [3.05, 3.63) is 28.8 Å². The van der Waals surface area contributed by atoms with Gasteiger partial charge in [-0.1, -0.05) is 6.07 Å². The lowest BCUT2D eigenvalue weighted by molar-refractivity contribution is 0.101. The first kappa shape index (κ1) is 9.78. The number of hydrogen-bond acceptors (Lipinski definition) is 2. The van der Waals surface area contributed by atoms with Gasteiger partial charge in [-0.3, -0.25) is 4.79 Å². The van der Waals surface area contributed by atoms with Gasteiger partial charge >= 0.3 is 0 Å². The highest BCUT2D eigenvalue weighted by Gasteiger charge is 2.12. The quantitative estimate of drug-likeness (QED) is 0.650. The van der Waals surface area contributed by atoms with E-state index in [0.29, 0.717) is 11.3 Å². The number of ether oxygens (including phenoxy) is 1. The molecule has 13 heavy (non-hydrogen) atoms. The third-order valence-electron chi connectivity index (χ3n) is 2.27. The lowest BCUT2D eigenvalue weighted by atomic mass is 10.00. The van der Waals surface area contributed by atoms with Gasteiger partial charge in [-0.2, -0.15) is 0 Å². The fraction of sp³-hybridized carbons (Fsp3) is 0.364. The normalized spacial score (nSPS) is 9.85. The highest BCUT2D eigenvalue weighted by atomic mass is 16.5. The van der Waals surface area contributed by atoms with E-state index in [0.717, 1.165) is 11.1 Å². The summed E-state index contributed by atoms with van der Waals surface area (Å²) in [6.45, 7) is 5.49. The third kappa shape index (κ3) is 1.72. The summed E-state index contributed by atoms with van der Waals surface area (Å²) in [4.78, 5) is 11.3. The van der Waals surface area contributed by atoms with Crippen molar-refractivity contribution in [3.8, 4) is 5.75 Å². The first-order valence-corrected chi connectivity index (χ1v) is 4.23. The number of carbonyl (C=O) groups is 1. The van der Waals surface area contributed by atoms with Gasteiger partial charge in [0.25, 0.3) is 0 Å². The van der Waals surface area contributed by atoms with Gasteiger partial charge in [-0.25, -0.2) is 0 Å². The predicted octanol–water partition coefficient (Wildman–Crippen LogP) is 2.51. The lowest BCUT2D eigenvalue weighted by Crippen LogP contribution is -2.02. The number of benzene rings is 1. The Bertz CT molecular complexity index is 340. The predicted molar refractivity (Wildman–Crippen MR) is 52.5 cm³/mol. The zero-order valence-electron chi connectivity index (χ0n) is 8.47.